The van der Waals surface area contributed by atoms with E-state index < -0.39 is 17.8 Å². The second-order valence-corrected chi connectivity index (χ2v) is 5.87. The van der Waals surface area contributed by atoms with E-state index in [-0.39, 0.29) is 11.9 Å². The molecule has 0 aromatic heterocycles. The highest BCUT2D eigenvalue weighted by Gasteiger charge is 2.35. The third-order valence-corrected chi connectivity index (χ3v) is 4.53. The van der Waals surface area contributed by atoms with Gasteiger partial charge in [-0.1, -0.05) is 31.9 Å². The van der Waals surface area contributed by atoms with Crippen LogP contribution >= 0.6 is 0 Å². The van der Waals surface area contributed by atoms with Gasteiger partial charge in [-0.2, -0.15) is 0 Å². The van der Waals surface area contributed by atoms with Crippen LogP contribution in [0.3, 0.4) is 0 Å². The monoisotopic (exact) mass is 265 g/mol. The van der Waals surface area contributed by atoms with E-state index in [4.69, 9.17) is 0 Å². The van der Waals surface area contributed by atoms with Crippen molar-refractivity contribution in [2.75, 3.05) is 0 Å². The van der Waals surface area contributed by atoms with Gasteiger partial charge in [0.05, 0.1) is 11.8 Å². The van der Waals surface area contributed by atoms with Gasteiger partial charge in [-0.15, -0.1) is 0 Å². The van der Waals surface area contributed by atoms with Crippen molar-refractivity contribution < 1.29 is 14.7 Å². The third-order valence-electron chi connectivity index (χ3n) is 4.53. The van der Waals surface area contributed by atoms with E-state index in [2.05, 4.69) is 12.2 Å². The van der Waals surface area contributed by atoms with Crippen molar-refractivity contribution in [3.8, 4) is 0 Å². The number of aliphatic carboxylic acids is 1. The van der Waals surface area contributed by atoms with E-state index in [1.165, 1.54) is 6.42 Å². The Hall–Kier alpha value is -1.32. The van der Waals surface area contributed by atoms with Crippen LogP contribution in [-0.4, -0.2) is 23.0 Å². The fourth-order valence-electron chi connectivity index (χ4n) is 3.20. The minimum Gasteiger partial charge on any atom is -0.481 e. The first kappa shape index (κ1) is 14.1. The summed E-state index contributed by atoms with van der Waals surface area (Å²) in [7, 11) is 0. The molecule has 0 unspecified atom stereocenters. The molecule has 0 aromatic carbocycles. The zero-order valence-corrected chi connectivity index (χ0v) is 11.5. The molecule has 2 aliphatic rings. The normalized spacial score (nSPS) is 34.8. The molecule has 106 valence electrons. The minimum absolute atomic E-state index is 0.0736. The summed E-state index contributed by atoms with van der Waals surface area (Å²) in [6.07, 6.45) is 9.36. The Morgan fingerprint density at radius 1 is 1.11 bits per heavy atom. The van der Waals surface area contributed by atoms with Gasteiger partial charge in [-0.05, 0) is 31.6 Å². The number of allylic oxidation sites excluding steroid dienone is 2. The first-order valence-electron chi connectivity index (χ1n) is 7.27. The van der Waals surface area contributed by atoms with Crippen LogP contribution in [0.15, 0.2) is 12.2 Å². The predicted octanol–water partition coefficient (Wildman–Crippen LogP) is 2.35. The molecule has 0 aromatic rings. The second-order valence-electron chi connectivity index (χ2n) is 5.87. The van der Waals surface area contributed by atoms with E-state index in [0.717, 1.165) is 19.3 Å². The van der Waals surface area contributed by atoms with Crippen LogP contribution in [0.25, 0.3) is 0 Å². The van der Waals surface area contributed by atoms with Gasteiger partial charge in [-0.25, -0.2) is 0 Å². The lowest BCUT2D eigenvalue weighted by molar-refractivity contribution is -0.147. The highest BCUT2D eigenvalue weighted by Crippen LogP contribution is 2.28. The summed E-state index contributed by atoms with van der Waals surface area (Å²) in [5.74, 6) is -1.41. The van der Waals surface area contributed by atoms with Gasteiger partial charge in [0.1, 0.15) is 0 Å². The molecule has 4 nitrogen and oxygen atoms in total. The maximum atomic E-state index is 12.3. The average Bonchev–Trinajstić information content (AvgIpc) is 2.41. The van der Waals surface area contributed by atoms with Crippen LogP contribution in [0.4, 0.5) is 0 Å². The maximum Gasteiger partial charge on any atom is 0.307 e. The van der Waals surface area contributed by atoms with E-state index in [9.17, 15) is 14.7 Å². The third kappa shape index (κ3) is 3.37. The Kier molecular flexibility index (Phi) is 4.61. The van der Waals surface area contributed by atoms with Crippen molar-refractivity contribution in [3.63, 3.8) is 0 Å². The molecule has 2 rings (SSSR count). The quantitative estimate of drug-likeness (QED) is 0.770. The predicted molar refractivity (Wildman–Crippen MR) is 72.6 cm³/mol. The van der Waals surface area contributed by atoms with Crippen molar-refractivity contribution in [2.24, 2.45) is 17.8 Å². The minimum atomic E-state index is -0.860. The molecule has 0 bridgehead atoms. The number of nitrogens with one attached hydrogen (secondary N) is 1. The highest BCUT2D eigenvalue weighted by atomic mass is 16.4. The lowest BCUT2D eigenvalue weighted by Crippen LogP contribution is -2.46. The van der Waals surface area contributed by atoms with Crippen LogP contribution in [0.1, 0.15) is 45.4 Å². The fraction of sp³-hybridized carbons (Fsp3) is 0.733. The summed E-state index contributed by atoms with van der Waals surface area (Å²) in [5.41, 5.74) is 0. The van der Waals surface area contributed by atoms with Gasteiger partial charge < -0.3 is 10.4 Å². The molecule has 0 aliphatic heterocycles. The molecule has 2 aliphatic carbocycles. The molecule has 0 radical (unpaired) electrons. The zero-order chi connectivity index (χ0) is 13.8. The molecule has 4 heteroatoms. The second kappa shape index (κ2) is 6.22. The molecule has 0 heterocycles. The van der Waals surface area contributed by atoms with Crippen LogP contribution in [0, 0.1) is 17.8 Å². The van der Waals surface area contributed by atoms with Crippen molar-refractivity contribution in [2.45, 2.75) is 51.5 Å². The molecule has 1 fully saturated rings. The van der Waals surface area contributed by atoms with Gasteiger partial charge >= 0.3 is 5.97 Å². The number of carboxylic acids is 1. The van der Waals surface area contributed by atoms with Crippen molar-refractivity contribution in [1.82, 2.24) is 5.32 Å². The van der Waals surface area contributed by atoms with Crippen LogP contribution in [-0.2, 0) is 9.59 Å². The van der Waals surface area contributed by atoms with E-state index in [1.807, 2.05) is 12.2 Å². The molecule has 2 N–H and O–H groups in total. The number of amides is 1. The smallest absolute Gasteiger partial charge is 0.307 e. The molecule has 4 atom stereocenters. The number of carboxylic acid groups (broad SMARTS) is 1. The summed E-state index contributed by atoms with van der Waals surface area (Å²) in [6, 6.07) is 0.224. The lowest BCUT2D eigenvalue weighted by Gasteiger charge is -2.32. The number of carbonyl (C=O) groups is 2. The zero-order valence-electron chi connectivity index (χ0n) is 11.5. The number of rotatable bonds is 3. The van der Waals surface area contributed by atoms with E-state index in [0.29, 0.717) is 18.8 Å². The summed E-state index contributed by atoms with van der Waals surface area (Å²) < 4.78 is 0. The average molecular weight is 265 g/mol. The van der Waals surface area contributed by atoms with Gasteiger partial charge in [0.2, 0.25) is 5.91 Å². The Morgan fingerprint density at radius 3 is 2.37 bits per heavy atom. The molecule has 19 heavy (non-hydrogen) atoms. The Bertz CT molecular complexity index is 378. The van der Waals surface area contributed by atoms with Gasteiger partial charge in [-0.3, -0.25) is 9.59 Å². The van der Waals surface area contributed by atoms with Crippen LogP contribution in [0.5, 0.6) is 0 Å². The first-order valence-corrected chi connectivity index (χ1v) is 7.27. The lowest BCUT2D eigenvalue weighted by atomic mass is 9.81. The molecule has 0 saturated heterocycles. The summed E-state index contributed by atoms with van der Waals surface area (Å²) in [5, 5.41) is 12.3. The van der Waals surface area contributed by atoms with Gasteiger partial charge in [0.25, 0.3) is 0 Å². The highest BCUT2D eigenvalue weighted by molar-refractivity contribution is 5.85. The van der Waals surface area contributed by atoms with Gasteiger partial charge in [0.15, 0.2) is 0 Å². The first-order chi connectivity index (χ1) is 9.09. The summed E-state index contributed by atoms with van der Waals surface area (Å²) >= 11 is 0. The Labute approximate surface area is 114 Å². The van der Waals surface area contributed by atoms with Gasteiger partial charge in [0, 0.05) is 6.04 Å². The number of hydrogen-bond acceptors (Lipinski definition) is 2. The SMILES string of the molecule is C[C@@H]1CCCC[C@H]1NC(=O)[C@@H]1CC=CC[C@@H]1C(=O)O. The topological polar surface area (TPSA) is 66.4 Å². The van der Waals surface area contributed by atoms with Crippen LogP contribution < -0.4 is 5.32 Å². The molecular weight excluding hydrogens is 242 g/mol. The fourth-order valence-corrected chi connectivity index (χ4v) is 3.20. The summed E-state index contributed by atoms with van der Waals surface area (Å²) in [4.78, 5) is 23.5. The molecule has 1 saturated carbocycles. The number of hydrogen-bond donors (Lipinski definition) is 2. The Balaban J connectivity index is 1.97. The molecule has 0 spiro atoms. The Morgan fingerprint density at radius 2 is 1.74 bits per heavy atom. The standard InChI is InChI=1S/C15H23NO3/c1-10-6-2-5-9-13(10)16-14(17)11-7-3-4-8-12(11)15(18)19/h3-4,10-13H,2,5-9H2,1H3,(H,16,17)(H,18,19)/t10-,11-,12+,13-/m1/s1. The largest absolute Gasteiger partial charge is 0.481 e. The molecular formula is C15H23NO3. The maximum absolute atomic E-state index is 12.3. The van der Waals surface area contributed by atoms with E-state index >= 15 is 0 Å². The van der Waals surface area contributed by atoms with Crippen molar-refractivity contribution in [3.05, 3.63) is 12.2 Å². The molecule has 1 amide bonds. The van der Waals surface area contributed by atoms with Crippen LogP contribution in [0.2, 0.25) is 0 Å². The van der Waals surface area contributed by atoms with Crippen molar-refractivity contribution in [1.29, 1.82) is 0 Å². The van der Waals surface area contributed by atoms with Crippen molar-refractivity contribution >= 4 is 11.9 Å². The summed E-state index contributed by atoms with van der Waals surface area (Å²) in [6.45, 7) is 2.17. The van der Waals surface area contributed by atoms with E-state index in [1.54, 1.807) is 0 Å². The number of carbonyl (C=O) groups excluding carboxylic acids is 1.